The number of thiazole rings is 1. The lowest BCUT2D eigenvalue weighted by Crippen LogP contribution is -2.31. The average Bonchev–Trinajstić information content (AvgIpc) is 3.01. The molecule has 0 amide bonds. The maximum absolute atomic E-state index is 10.7. The van der Waals surface area contributed by atoms with Crippen LogP contribution in [-0.2, 0) is 0 Å². The quantitative estimate of drug-likeness (QED) is 0.468. The molecule has 2 unspecified atom stereocenters. The van der Waals surface area contributed by atoms with Gasteiger partial charge in [0.05, 0.1) is 27.8 Å². The number of benzene rings is 2. The molecule has 3 rings (SSSR count). The van der Waals surface area contributed by atoms with Gasteiger partial charge in [0.2, 0.25) is 0 Å². The molecule has 3 aromatic rings. The molecule has 24 heavy (non-hydrogen) atoms. The molecule has 2 aromatic carbocycles. The second-order valence-electron chi connectivity index (χ2n) is 5.21. The molecule has 8 heteroatoms. The zero-order valence-corrected chi connectivity index (χ0v) is 13.3. The zero-order chi connectivity index (χ0) is 17.1. The molecule has 0 saturated carbocycles. The molecule has 1 aromatic heterocycles. The van der Waals surface area contributed by atoms with E-state index in [0.29, 0.717) is 10.7 Å². The third-order valence-electron chi connectivity index (χ3n) is 3.63. The number of aromatic nitrogens is 1. The van der Waals surface area contributed by atoms with Crippen LogP contribution in [-0.4, -0.2) is 32.8 Å². The Balaban J connectivity index is 1.78. The summed E-state index contributed by atoms with van der Waals surface area (Å²) in [5, 5.41) is 34.3. The minimum atomic E-state index is -1.03. The van der Waals surface area contributed by atoms with Crippen LogP contribution in [0.25, 0.3) is 10.2 Å². The number of aliphatic hydroxyl groups excluding tert-OH is 2. The maximum atomic E-state index is 10.7. The predicted octanol–water partition coefficient (Wildman–Crippen LogP) is 2.71. The molecule has 0 radical (unpaired) electrons. The molecular formula is C16H15N3O4S. The first kappa shape index (κ1) is 16.3. The van der Waals surface area contributed by atoms with E-state index in [1.54, 1.807) is 0 Å². The number of aliphatic hydroxyl groups is 2. The molecule has 0 aliphatic rings. The maximum Gasteiger partial charge on any atom is 0.269 e. The highest BCUT2D eigenvalue weighted by Gasteiger charge is 2.22. The topological polar surface area (TPSA) is 109 Å². The smallest absolute Gasteiger partial charge is 0.269 e. The minimum Gasteiger partial charge on any atom is -0.394 e. The minimum absolute atomic E-state index is 0.0503. The molecule has 7 nitrogen and oxygen atoms in total. The molecule has 0 fully saturated rings. The second kappa shape index (κ2) is 6.91. The molecule has 0 saturated heterocycles. The van der Waals surface area contributed by atoms with Gasteiger partial charge in [0, 0.05) is 12.1 Å². The van der Waals surface area contributed by atoms with Crippen molar-refractivity contribution in [1.82, 2.24) is 4.98 Å². The summed E-state index contributed by atoms with van der Waals surface area (Å²) in [5.41, 5.74) is 1.27. The molecular weight excluding hydrogens is 330 g/mol. The van der Waals surface area contributed by atoms with Crippen LogP contribution in [0.2, 0.25) is 0 Å². The Bertz CT molecular complexity index is 817. The summed E-state index contributed by atoms with van der Waals surface area (Å²) in [7, 11) is 0. The van der Waals surface area contributed by atoms with Crippen LogP contribution in [0.3, 0.4) is 0 Å². The van der Waals surface area contributed by atoms with Crippen molar-refractivity contribution in [2.45, 2.75) is 12.1 Å². The van der Waals surface area contributed by atoms with E-state index in [1.807, 2.05) is 24.3 Å². The Labute approximate surface area is 141 Å². The summed E-state index contributed by atoms with van der Waals surface area (Å²) in [6.07, 6.45) is -1.03. The van der Waals surface area contributed by atoms with Gasteiger partial charge in [-0.15, -0.1) is 0 Å². The van der Waals surface area contributed by atoms with Gasteiger partial charge in [-0.2, -0.15) is 0 Å². The van der Waals surface area contributed by atoms with Crippen LogP contribution >= 0.6 is 11.3 Å². The number of nitrogens with zero attached hydrogens (tertiary/aromatic N) is 2. The highest BCUT2D eigenvalue weighted by molar-refractivity contribution is 7.22. The van der Waals surface area contributed by atoms with Crippen molar-refractivity contribution in [2.75, 3.05) is 11.9 Å². The number of nitrogens with one attached hydrogen (secondary N) is 1. The van der Waals surface area contributed by atoms with E-state index in [4.69, 9.17) is 0 Å². The number of hydrogen-bond donors (Lipinski definition) is 3. The fraction of sp³-hybridized carbons (Fsp3) is 0.188. The van der Waals surface area contributed by atoms with Crippen LogP contribution in [0, 0.1) is 10.1 Å². The van der Waals surface area contributed by atoms with E-state index in [-0.39, 0.29) is 12.3 Å². The number of hydrogen-bond acceptors (Lipinski definition) is 7. The number of para-hydroxylation sites is 1. The van der Waals surface area contributed by atoms with Crippen LogP contribution < -0.4 is 5.32 Å². The predicted molar refractivity (Wildman–Crippen MR) is 92.2 cm³/mol. The number of nitro groups is 1. The van der Waals surface area contributed by atoms with Crippen LogP contribution in [0.15, 0.2) is 48.5 Å². The van der Waals surface area contributed by atoms with Gasteiger partial charge in [-0.25, -0.2) is 4.98 Å². The van der Waals surface area contributed by atoms with Gasteiger partial charge in [-0.05, 0) is 29.8 Å². The molecule has 1 heterocycles. The Kier molecular flexibility index (Phi) is 4.70. The van der Waals surface area contributed by atoms with E-state index in [1.165, 1.54) is 35.6 Å². The van der Waals surface area contributed by atoms with Gasteiger partial charge >= 0.3 is 0 Å². The van der Waals surface area contributed by atoms with E-state index in [9.17, 15) is 20.3 Å². The van der Waals surface area contributed by atoms with Crippen molar-refractivity contribution >= 4 is 32.4 Å². The normalized spacial score (nSPS) is 13.6. The van der Waals surface area contributed by atoms with Crippen molar-refractivity contribution in [1.29, 1.82) is 0 Å². The Morgan fingerprint density at radius 3 is 2.54 bits per heavy atom. The highest BCUT2D eigenvalue weighted by Crippen LogP contribution is 2.28. The van der Waals surface area contributed by atoms with Crippen LogP contribution in [0.5, 0.6) is 0 Å². The Morgan fingerprint density at radius 1 is 1.21 bits per heavy atom. The standard InChI is InChI=1S/C16H15N3O4S/c20-9-13(15(21)10-5-7-11(8-6-10)19(22)23)18-16-17-12-3-1-2-4-14(12)24-16/h1-8,13,15,20-21H,9H2,(H,17,18). The van der Waals surface area contributed by atoms with Crippen molar-refractivity contribution in [3.05, 3.63) is 64.2 Å². The fourth-order valence-corrected chi connectivity index (χ4v) is 3.27. The summed E-state index contributed by atoms with van der Waals surface area (Å²) in [4.78, 5) is 14.6. The number of nitro benzene ring substituents is 1. The highest BCUT2D eigenvalue weighted by atomic mass is 32.1. The summed E-state index contributed by atoms with van der Waals surface area (Å²) in [5.74, 6) is 0. The van der Waals surface area contributed by atoms with Gasteiger partial charge in [0.1, 0.15) is 6.10 Å². The first-order valence-corrected chi connectivity index (χ1v) is 8.05. The summed E-state index contributed by atoms with van der Waals surface area (Å²) >= 11 is 1.43. The largest absolute Gasteiger partial charge is 0.394 e. The summed E-state index contributed by atoms with van der Waals surface area (Å²) in [6.45, 7) is -0.311. The van der Waals surface area contributed by atoms with Crippen LogP contribution in [0.4, 0.5) is 10.8 Å². The zero-order valence-electron chi connectivity index (χ0n) is 12.5. The first-order valence-electron chi connectivity index (χ1n) is 7.24. The van der Waals surface area contributed by atoms with Crippen molar-refractivity contribution < 1.29 is 15.1 Å². The summed E-state index contributed by atoms with van der Waals surface area (Å²) < 4.78 is 1.00. The van der Waals surface area contributed by atoms with E-state index >= 15 is 0 Å². The second-order valence-corrected chi connectivity index (χ2v) is 6.24. The van der Waals surface area contributed by atoms with Crippen molar-refractivity contribution in [2.24, 2.45) is 0 Å². The van der Waals surface area contributed by atoms with Crippen LogP contribution in [0.1, 0.15) is 11.7 Å². The SMILES string of the molecule is O=[N+]([O-])c1ccc(C(O)C(CO)Nc2nc3ccccc3s2)cc1. The molecule has 0 aliphatic carbocycles. The molecule has 124 valence electrons. The van der Waals surface area contributed by atoms with Gasteiger partial charge in [-0.3, -0.25) is 10.1 Å². The van der Waals surface area contributed by atoms with Gasteiger partial charge in [0.15, 0.2) is 5.13 Å². The lowest BCUT2D eigenvalue weighted by Gasteiger charge is -2.22. The van der Waals surface area contributed by atoms with E-state index < -0.39 is 17.1 Å². The molecule has 0 spiro atoms. The third-order valence-corrected chi connectivity index (χ3v) is 4.59. The van der Waals surface area contributed by atoms with Crippen molar-refractivity contribution in [3.8, 4) is 0 Å². The van der Waals surface area contributed by atoms with Gasteiger partial charge in [-0.1, -0.05) is 23.5 Å². The van der Waals surface area contributed by atoms with Crippen molar-refractivity contribution in [3.63, 3.8) is 0 Å². The molecule has 0 bridgehead atoms. The average molecular weight is 345 g/mol. The van der Waals surface area contributed by atoms with Gasteiger partial charge in [0.25, 0.3) is 5.69 Å². The number of fused-ring (bicyclic) bond motifs is 1. The van der Waals surface area contributed by atoms with E-state index in [2.05, 4.69) is 10.3 Å². The first-order chi connectivity index (χ1) is 11.6. The molecule has 0 aliphatic heterocycles. The van der Waals surface area contributed by atoms with Gasteiger partial charge < -0.3 is 15.5 Å². The number of non-ortho nitro benzene ring substituents is 1. The molecule has 3 N–H and O–H groups in total. The number of rotatable bonds is 6. The number of anilines is 1. The third kappa shape index (κ3) is 3.35. The lowest BCUT2D eigenvalue weighted by atomic mass is 10.0. The molecule has 2 atom stereocenters. The van der Waals surface area contributed by atoms with E-state index in [0.717, 1.165) is 10.2 Å². The fourth-order valence-electron chi connectivity index (χ4n) is 2.34. The lowest BCUT2D eigenvalue weighted by molar-refractivity contribution is -0.384. The Hall–Kier alpha value is -2.55. The summed E-state index contributed by atoms with van der Waals surface area (Å²) in [6, 6.07) is 12.6. The Morgan fingerprint density at radius 2 is 1.92 bits per heavy atom. The monoisotopic (exact) mass is 345 g/mol.